The van der Waals surface area contributed by atoms with Crippen LogP contribution in [-0.2, 0) is 22.6 Å². The fraction of sp³-hybridized carbons (Fsp3) is 0.333. The van der Waals surface area contributed by atoms with Crippen LogP contribution in [0.3, 0.4) is 0 Å². The molecule has 1 saturated heterocycles. The van der Waals surface area contributed by atoms with Gasteiger partial charge in [-0.25, -0.2) is 0 Å². The van der Waals surface area contributed by atoms with Gasteiger partial charge in [-0.15, -0.1) is 0 Å². The Kier molecular flexibility index (Phi) is 6.63. The lowest BCUT2D eigenvalue weighted by Crippen LogP contribution is -2.57. The van der Waals surface area contributed by atoms with Crippen LogP contribution < -0.4 is 0 Å². The molecule has 1 aliphatic rings. The topological polar surface area (TPSA) is 60.9 Å². The molecular formula is C21H23BrN2O3. The molecule has 0 radical (unpaired) electrons. The highest BCUT2D eigenvalue weighted by molar-refractivity contribution is 9.10. The van der Waals surface area contributed by atoms with Gasteiger partial charge in [0.25, 0.3) is 0 Å². The Morgan fingerprint density at radius 2 is 1.81 bits per heavy atom. The van der Waals surface area contributed by atoms with Gasteiger partial charge in [-0.2, -0.15) is 0 Å². The lowest BCUT2D eigenvalue weighted by atomic mass is 10.0. The monoisotopic (exact) mass is 430 g/mol. The standard InChI is InChI=1S/C21H23BrN2O3/c22-18-8-4-7-17(13-18)15-24-12-11-23(19(21(24)27)14-20(25)26)10-9-16-5-2-1-3-6-16/h1-8,13,19H,9-12,14-15H2,(H,25,26). The predicted molar refractivity (Wildman–Crippen MR) is 107 cm³/mol. The zero-order chi connectivity index (χ0) is 19.2. The molecule has 27 heavy (non-hydrogen) atoms. The van der Waals surface area contributed by atoms with Gasteiger partial charge in [0.15, 0.2) is 0 Å². The third-order valence-corrected chi connectivity index (χ3v) is 5.35. The van der Waals surface area contributed by atoms with Gasteiger partial charge in [0.1, 0.15) is 0 Å². The Morgan fingerprint density at radius 3 is 2.52 bits per heavy atom. The molecule has 0 bridgehead atoms. The van der Waals surface area contributed by atoms with Gasteiger partial charge in [-0.1, -0.05) is 58.4 Å². The Balaban J connectivity index is 1.68. The lowest BCUT2D eigenvalue weighted by molar-refractivity contribution is -0.149. The Hall–Kier alpha value is -2.18. The molecule has 1 unspecified atom stereocenters. The number of amides is 1. The Labute approximate surface area is 167 Å². The van der Waals surface area contributed by atoms with Crippen LogP contribution in [0, 0.1) is 0 Å². The van der Waals surface area contributed by atoms with E-state index in [0.717, 1.165) is 16.5 Å². The number of hydrogen-bond donors (Lipinski definition) is 1. The van der Waals surface area contributed by atoms with E-state index in [1.54, 1.807) is 4.90 Å². The molecular weight excluding hydrogens is 408 g/mol. The molecule has 6 heteroatoms. The molecule has 2 aromatic carbocycles. The van der Waals surface area contributed by atoms with Crippen molar-refractivity contribution in [2.45, 2.75) is 25.4 Å². The number of aliphatic carboxylic acids is 1. The number of rotatable bonds is 7. The van der Waals surface area contributed by atoms with Crippen molar-refractivity contribution in [3.63, 3.8) is 0 Å². The van der Waals surface area contributed by atoms with Crippen molar-refractivity contribution < 1.29 is 14.7 Å². The number of carbonyl (C=O) groups is 2. The van der Waals surface area contributed by atoms with Gasteiger partial charge in [-0.3, -0.25) is 14.5 Å². The van der Waals surface area contributed by atoms with Gasteiger partial charge in [0.05, 0.1) is 12.5 Å². The summed E-state index contributed by atoms with van der Waals surface area (Å²) in [6.45, 7) is 2.47. The molecule has 0 aliphatic carbocycles. The number of hydrogen-bond acceptors (Lipinski definition) is 3. The SMILES string of the molecule is O=C(O)CC1C(=O)N(Cc2cccc(Br)c2)CCN1CCc1ccccc1. The molecule has 1 atom stereocenters. The fourth-order valence-corrected chi connectivity index (χ4v) is 3.91. The average Bonchev–Trinajstić information content (AvgIpc) is 2.65. The van der Waals surface area contributed by atoms with E-state index in [2.05, 4.69) is 28.1 Å². The van der Waals surface area contributed by atoms with Crippen molar-refractivity contribution >= 4 is 27.8 Å². The maximum Gasteiger partial charge on any atom is 0.305 e. The molecule has 1 heterocycles. The van der Waals surface area contributed by atoms with Crippen molar-refractivity contribution in [2.24, 2.45) is 0 Å². The van der Waals surface area contributed by atoms with Crippen LogP contribution in [0.15, 0.2) is 59.1 Å². The van der Waals surface area contributed by atoms with Gasteiger partial charge in [-0.05, 0) is 29.7 Å². The molecule has 2 aromatic rings. The zero-order valence-corrected chi connectivity index (χ0v) is 16.6. The molecule has 1 aliphatic heterocycles. The first kappa shape index (κ1) is 19.6. The van der Waals surface area contributed by atoms with Gasteiger partial charge < -0.3 is 10.0 Å². The number of carboxylic acid groups (broad SMARTS) is 1. The van der Waals surface area contributed by atoms with E-state index in [1.807, 2.05) is 47.4 Å². The molecule has 1 fully saturated rings. The van der Waals surface area contributed by atoms with E-state index < -0.39 is 12.0 Å². The van der Waals surface area contributed by atoms with Crippen LogP contribution >= 0.6 is 15.9 Å². The van der Waals surface area contributed by atoms with E-state index in [9.17, 15) is 14.7 Å². The van der Waals surface area contributed by atoms with Crippen molar-refractivity contribution in [3.8, 4) is 0 Å². The maximum atomic E-state index is 13.0. The highest BCUT2D eigenvalue weighted by Crippen LogP contribution is 2.20. The summed E-state index contributed by atoms with van der Waals surface area (Å²) in [6.07, 6.45) is 0.637. The molecule has 1 N–H and O–H groups in total. The largest absolute Gasteiger partial charge is 0.481 e. The van der Waals surface area contributed by atoms with Gasteiger partial charge in [0.2, 0.25) is 5.91 Å². The highest BCUT2D eigenvalue weighted by atomic mass is 79.9. The third kappa shape index (κ3) is 5.40. The van der Waals surface area contributed by atoms with Crippen LogP contribution in [0.25, 0.3) is 0 Å². The molecule has 5 nitrogen and oxygen atoms in total. The second-order valence-corrected chi connectivity index (χ2v) is 7.69. The van der Waals surface area contributed by atoms with E-state index in [0.29, 0.717) is 26.2 Å². The quantitative estimate of drug-likeness (QED) is 0.732. The summed E-state index contributed by atoms with van der Waals surface area (Å²) in [6, 6.07) is 17.3. The van der Waals surface area contributed by atoms with Crippen molar-refractivity contribution in [3.05, 3.63) is 70.2 Å². The minimum atomic E-state index is -0.942. The minimum Gasteiger partial charge on any atom is -0.481 e. The van der Waals surface area contributed by atoms with E-state index in [1.165, 1.54) is 5.56 Å². The van der Waals surface area contributed by atoms with E-state index >= 15 is 0 Å². The van der Waals surface area contributed by atoms with Gasteiger partial charge in [0, 0.05) is 30.7 Å². The second-order valence-electron chi connectivity index (χ2n) is 6.77. The predicted octanol–water partition coefficient (Wildman–Crippen LogP) is 3.18. The van der Waals surface area contributed by atoms with Crippen molar-refractivity contribution in [2.75, 3.05) is 19.6 Å². The van der Waals surface area contributed by atoms with Crippen LogP contribution in [0.5, 0.6) is 0 Å². The summed E-state index contributed by atoms with van der Waals surface area (Å²) < 4.78 is 0.969. The summed E-state index contributed by atoms with van der Waals surface area (Å²) in [4.78, 5) is 28.1. The summed E-state index contributed by atoms with van der Waals surface area (Å²) in [7, 11) is 0. The highest BCUT2D eigenvalue weighted by Gasteiger charge is 2.35. The number of piperazine rings is 1. The first-order valence-electron chi connectivity index (χ1n) is 9.06. The van der Waals surface area contributed by atoms with Gasteiger partial charge >= 0.3 is 5.97 Å². The summed E-state index contributed by atoms with van der Waals surface area (Å²) >= 11 is 3.45. The van der Waals surface area contributed by atoms with Crippen molar-refractivity contribution in [1.82, 2.24) is 9.80 Å². The third-order valence-electron chi connectivity index (χ3n) is 4.86. The Morgan fingerprint density at radius 1 is 1.07 bits per heavy atom. The lowest BCUT2D eigenvalue weighted by Gasteiger charge is -2.40. The number of nitrogens with zero attached hydrogens (tertiary/aromatic N) is 2. The smallest absolute Gasteiger partial charge is 0.305 e. The van der Waals surface area contributed by atoms with Crippen LogP contribution in [0.2, 0.25) is 0 Å². The first-order chi connectivity index (χ1) is 13.0. The van der Waals surface area contributed by atoms with Crippen molar-refractivity contribution in [1.29, 1.82) is 0 Å². The first-order valence-corrected chi connectivity index (χ1v) is 9.85. The molecule has 0 spiro atoms. The minimum absolute atomic E-state index is 0.100. The fourth-order valence-electron chi connectivity index (χ4n) is 3.46. The molecule has 0 saturated carbocycles. The normalized spacial score (nSPS) is 17.9. The Bertz CT molecular complexity index is 797. The maximum absolute atomic E-state index is 13.0. The second kappa shape index (κ2) is 9.15. The van der Waals surface area contributed by atoms with Crippen LogP contribution in [0.1, 0.15) is 17.5 Å². The van der Waals surface area contributed by atoms with Crippen LogP contribution in [0.4, 0.5) is 0 Å². The zero-order valence-electron chi connectivity index (χ0n) is 15.1. The molecule has 0 aromatic heterocycles. The summed E-state index contributed by atoms with van der Waals surface area (Å²) in [5, 5.41) is 9.30. The van der Waals surface area contributed by atoms with E-state index in [-0.39, 0.29) is 12.3 Å². The van der Waals surface area contributed by atoms with E-state index in [4.69, 9.17) is 0 Å². The summed E-state index contributed by atoms with van der Waals surface area (Å²) in [5.41, 5.74) is 2.22. The summed E-state index contributed by atoms with van der Waals surface area (Å²) in [5.74, 6) is -1.04. The number of carbonyl (C=O) groups excluding carboxylic acids is 1. The van der Waals surface area contributed by atoms with Crippen LogP contribution in [-0.4, -0.2) is 52.5 Å². The number of benzene rings is 2. The molecule has 3 rings (SSSR count). The molecule has 1 amide bonds. The number of carboxylic acids is 1. The average molecular weight is 431 g/mol. The number of halogens is 1. The molecule has 142 valence electrons.